The fourth-order valence-corrected chi connectivity index (χ4v) is 4.85. The second-order valence-corrected chi connectivity index (χ2v) is 8.16. The average molecular weight is 390 g/mol. The molecule has 0 spiro atoms. The van der Waals surface area contributed by atoms with Crippen LogP contribution in [0.25, 0.3) is 0 Å². The van der Waals surface area contributed by atoms with Gasteiger partial charge < -0.3 is 4.74 Å². The summed E-state index contributed by atoms with van der Waals surface area (Å²) in [6.07, 6.45) is 3.40. The molecule has 0 saturated carbocycles. The summed E-state index contributed by atoms with van der Waals surface area (Å²) in [6, 6.07) is 14.8. The maximum absolute atomic E-state index is 12.7. The summed E-state index contributed by atoms with van der Waals surface area (Å²) in [4.78, 5) is 30.9. The lowest BCUT2D eigenvalue weighted by Crippen LogP contribution is -2.23. The highest BCUT2D eigenvalue weighted by Gasteiger charge is 2.28. The first kappa shape index (κ1) is 17.1. The summed E-state index contributed by atoms with van der Waals surface area (Å²) in [5.74, 6) is -0.552. The van der Waals surface area contributed by atoms with Crippen molar-refractivity contribution < 1.29 is 14.3 Å². The molecule has 5 rings (SSSR count). The predicted molar refractivity (Wildman–Crippen MR) is 107 cm³/mol. The minimum Gasteiger partial charge on any atom is -0.454 e. The molecule has 1 atom stereocenters. The highest BCUT2D eigenvalue weighted by atomic mass is 32.1. The van der Waals surface area contributed by atoms with Gasteiger partial charge in [0.25, 0.3) is 5.91 Å². The molecule has 0 saturated heterocycles. The zero-order valence-corrected chi connectivity index (χ0v) is 15.9. The standard InChI is InChI=1S/C22H18N2O3S/c25-20(24-22-23-17-7-4-8-19(17)28-22)14-9-10-16-15(11-14)12-18(27-21(16)26)13-5-2-1-3-6-13/h1-3,5-6,9-11,18H,4,7-8,12H2,(H,23,24,25)/t18-/m1/s1. The minimum atomic E-state index is -0.349. The highest BCUT2D eigenvalue weighted by Crippen LogP contribution is 2.32. The Hall–Kier alpha value is -2.99. The number of carbonyl (C=O) groups excluding carboxylic acids is 2. The number of benzene rings is 2. The van der Waals surface area contributed by atoms with E-state index in [-0.39, 0.29) is 18.0 Å². The monoisotopic (exact) mass is 390 g/mol. The van der Waals surface area contributed by atoms with Crippen molar-refractivity contribution in [3.63, 3.8) is 0 Å². The van der Waals surface area contributed by atoms with Crippen LogP contribution in [0.15, 0.2) is 48.5 Å². The molecule has 1 N–H and O–H groups in total. The molecule has 0 unspecified atom stereocenters. The van der Waals surface area contributed by atoms with Gasteiger partial charge in [0.15, 0.2) is 5.13 Å². The molecule has 5 nitrogen and oxygen atoms in total. The lowest BCUT2D eigenvalue weighted by atomic mass is 9.93. The first-order chi connectivity index (χ1) is 13.7. The number of ether oxygens (including phenoxy) is 1. The number of anilines is 1. The van der Waals surface area contributed by atoms with E-state index in [0.29, 0.717) is 22.7 Å². The fourth-order valence-electron chi connectivity index (χ4n) is 3.80. The van der Waals surface area contributed by atoms with Gasteiger partial charge in [0, 0.05) is 16.9 Å². The normalized spacial score (nSPS) is 17.6. The third-order valence-corrected chi connectivity index (χ3v) is 6.30. The molecule has 1 aliphatic carbocycles. The molecule has 28 heavy (non-hydrogen) atoms. The molecule has 3 aromatic rings. The maximum Gasteiger partial charge on any atom is 0.339 e. The SMILES string of the molecule is O=C(Nc1nc2c(s1)CCC2)c1ccc2c(c1)C[C@H](c1ccccc1)OC2=O. The zero-order valence-electron chi connectivity index (χ0n) is 15.1. The molecule has 2 heterocycles. The van der Waals surface area contributed by atoms with Crippen LogP contribution in [-0.4, -0.2) is 16.9 Å². The van der Waals surface area contributed by atoms with Crippen molar-refractivity contribution in [1.82, 2.24) is 4.98 Å². The number of hydrogen-bond donors (Lipinski definition) is 1. The largest absolute Gasteiger partial charge is 0.454 e. The summed E-state index contributed by atoms with van der Waals surface area (Å²) < 4.78 is 5.58. The molecule has 1 aromatic heterocycles. The smallest absolute Gasteiger partial charge is 0.339 e. The zero-order chi connectivity index (χ0) is 19.1. The molecule has 6 heteroatoms. The van der Waals surface area contributed by atoms with Gasteiger partial charge in [0.2, 0.25) is 0 Å². The number of aromatic nitrogens is 1. The van der Waals surface area contributed by atoms with Crippen LogP contribution in [-0.2, 0) is 24.0 Å². The van der Waals surface area contributed by atoms with Gasteiger partial charge in [0.1, 0.15) is 6.10 Å². The number of fused-ring (bicyclic) bond motifs is 2. The van der Waals surface area contributed by atoms with E-state index in [1.54, 1.807) is 29.5 Å². The maximum atomic E-state index is 12.7. The molecular formula is C22H18N2O3S. The Morgan fingerprint density at radius 1 is 1.14 bits per heavy atom. The van der Waals surface area contributed by atoms with E-state index < -0.39 is 0 Å². The van der Waals surface area contributed by atoms with Crippen LogP contribution < -0.4 is 5.32 Å². The van der Waals surface area contributed by atoms with Crippen molar-refractivity contribution >= 4 is 28.3 Å². The number of nitrogens with zero attached hydrogens (tertiary/aromatic N) is 1. The van der Waals surface area contributed by atoms with E-state index in [9.17, 15) is 9.59 Å². The third-order valence-electron chi connectivity index (χ3n) is 5.23. The van der Waals surface area contributed by atoms with E-state index in [2.05, 4.69) is 10.3 Å². The molecule has 2 aromatic carbocycles. The van der Waals surface area contributed by atoms with Crippen LogP contribution >= 0.6 is 11.3 Å². The van der Waals surface area contributed by atoms with E-state index in [1.807, 2.05) is 30.3 Å². The van der Waals surface area contributed by atoms with Crippen LogP contribution in [0.2, 0.25) is 0 Å². The Balaban J connectivity index is 1.38. The van der Waals surface area contributed by atoms with Crippen LogP contribution in [0.4, 0.5) is 5.13 Å². The number of esters is 1. The molecule has 1 aliphatic heterocycles. The first-order valence-electron chi connectivity index (χ1n) is 9.36. The Bertz CT molecular complexity index is 1050. The van der Waals surface area contributed by atoms with Gasteiger partial charge >= 0.3 is 5.97 Å². The van der Waals surface area contributed by atoms with E-state index in [4.69, 9.17) is 4.74 Å². The van der Waals surface area contributed by atoms with Crippen LogP contribution in [0.3, 0.4) is 0 Å². The van der Waals surface area contributed by atoms with Crippen LogP contribution in [0.1, 0.15) is 54.9 Å². The first-order valence-corrected chi connectivity index (χ1v) is 10.2. The van der Waals surface area contributed by atoms with Crippen LogP contribution in [0.5, 0.6) is 0 Å². The number of carbonyl (C=O) groups is 2. The van der Waals surface area contributed by atoms with Gasteiger partial charge in [-0.1, -0.05) is 30.3 Å². The van der Waals surface area contributed by atoms with Crippen molar-refractivity contribution in [3.05, 3.63) is 81.4 Å². The Kier molecular flexibility index (Phi) is 4.20. The fraction of sp³-hybridized carbons (Fsp3) is 0.227. The summed E-state index contributed by atoms with van der Waals surface area (Å²) in [5, 5.41) is 3.55. The lowest BCUT2D eigenvalue weighted by molar-refractivity contribution is 0.0252. The summed E-state index contributed by atoms with van der Waals surface area (Å²) >= 11 is 1.55. The highest BCUT2D eigenvalue weighted by molar-refractivity contribution is 7.16. The Labute approximate surface area is 166 Å². The second kappa shape index (κ2) is 6.87. The number of hydrogen-bond acceptors (Lipinski definition) is 5. The summed E-state index contributed by atoms with van der Waals surface area (Å²) in [6.45, 7) is 0. The van der Waals surface area contributed by atoms with Gasteiger partial charge in [0.05, 0.1) is 11.3 Å². The van der Waals surface area contributed by atoms with E-state index >= 15 is 0 Å². The Morgan fingerprint density at radius 3 is 2.82 bits per heavy atom. The quantitative estimate of drug-likeness (QED) is 0.676. The molecule has 1 amide bonds. The van der Waals surface area contributed by atoms with Gasteiger partial charge in [-0.25, -0.2) is 9.78 Å². The average Bonchev–Trinajstić information content (AvgIpc) is 3.30. The molecule has 0 radical (unpaired) electrons. The van der Waals surface area contributed by atoms with Gasteiger partial charge in [-0.05, 0) is 48.6 Å². The van der Waals surface area contributed by atoms with E-state index in [1.165, 1.54) is 4.88 Å². The van der Waals surface area contributed by atoms with Crippen molar-refractivity contribution in [3.8, 4) is 0 Å². The predicted octanol–water partition coefficient (Wildman–Crippen LogP) is 4.34. The van der Waals surface area contributed by atoms with Crippen LogP contribution in [0, 0.1) is 0 Å². The van der Waals surface area contributed by atoms with Crippen molar-refractivity contribution in [2.24, 2.45) is 0 Å². The third kappa shape index (κ3) is 3.10. The number of rotatable bonds is 3. The summed E-state index contributed by atoms with van der Waals surface area (Å²) in [7, 11) is 0. The minimum absolute atomic E-state index is 0.203. The van der Waals surface area contributed by atoms with Crippen molar-refractivity contribution in [1.29, 1.82) is 0 Å². The van der Waals surface area contributed by atoms with Gasteiger partial charge in [-0.2, -0.15) is 0 Å². The Morgan fingerprint density at radius 2 is 2.00 bits per heavy atom. The molecule has 0 fully saturated rings. The number of aryl methyl sites for hydroxylation is 2. The van der Waals surface area contributed by atoms with Gasteiger partial charge in [-0.3, -0.25) is 10.1 Å². The second-order valence-electron chi connectivity index (χ2n) is 7.08. The number of cyclic esters (lactones) is 1. The van der Waals surface area contributed by atoms with E-state index in [0.717, 1.165) is 36.1 Å². The molecule has 2 aliphatic rings. The molecule has 140 valence electrons. The summed E-state index contributed by atoms with van der Waals surface area (Å²) in [5.41, 5.74) is 3.94. The van der Waals surface area contributed by atoms with Crippen molar-refractivity contribution in [2.45, 2.75) is 31.8 Å². The van der Waals surface area contributed by atoms with Crippen molar-refractivity contribution in [2.75, 3.05) is 5.32 Å². The lowest BCUT2D eigenvalue weighted by Gasteiger charge is -2.25. The van der Waals surface area contributed by atoms with Gasteiger partial charge in [-0.15, -0.1) is 11.3 Å². The number of thiazole rings is 1. The number of nitrogens with one attached hydrogen (secondary N) is 1. The molecular weight excluding hydrogens is 372 g/mol. The number of amides is 1. The topological polar surface area (TPSA) is 68.3 Å². The molecule has 0 bridgehead atoms.